The average Bonchev–Trinajstić information content (AvgIpc) is 2.64. The van der Waals surface area contributed by atoms with Gasteiger partial charge in [0.15, 0.2) is 5.78 Å². The molecule has 0 spiro atoms. The van der Waals surface area contributed by atoms with E-state index < -0.39 is 12.8 Å². The van der Waals surface area contributed by atoms with E-state index in [-0.39, 0.29) is 16.6 Å². The van der Waals surface area contributed by atoms with Crippen LogP contribution in [0.4, 0.5) is 0 Å². The summed E-state index contributed by atoms with van der Waals surface area (Å²) in [5.74, 6) is 0.0398. The number of aromatic hydroxyl groups is 1. The van der Waals surface area contributed by atoms with Crippen LogP contribution >= 0.6 is 7.60 Å². The molecule has 2 rings (SSSR count). The van der Waals surface area contributed by atoms with Gasteiger partial charge in [-0.1, -0.05) is 40.7 Å². The van der Waals surface area contributed by atoms with E-state index in [1.54, 1.807) is 19.9 Å². The van der Waals surface area contributed by atoms with Crippen molar-refractivity contribution in [3.63, 3.8) is 0 Å². The van der Waals surface area contributed by atoms with Crippen molar-refractivity contribution < 1.29 is 23.5 Å². The third-order valence-electron chi connectivity index (χ3n) is 6.34. The van der Waals surface area contributed by atoms with Crippen LogP contribution in [0.5, 0.6) is 5.75 Å². The Hall–Kier alpha value is -1.42. The predicted octanol–water partition coefficient (Wildman–Crippen LogP) is 6.15. The van der Waals surface area contributed by atoms with Crippen molar-refractivity contribution in [1.29, 1.82) is 0 Å². The smallest absolute Gasteiger partial charge is 0.343 e. The van der Waals surface area contributed by atoms with E-state index in [9.17, 15) is 14.5 Å². The summed E-state index contributed by atoms with van der Waals surface area (Å²) in [7, 11) is -1.01. The molecular formula is C24H37O5P. The summed E-state index contributed by atoms with van der Waals surface area (Å²) < 4.78 is 23.0. The van der Waals surface area contributed by atoms with Crippen LogP contribution < -0.4 is 0 Å². The van der Waals surface area contributed by atoms with Crippen molar-refractivity contribution in [2.45, 2.75) is 83.7 Å². The van der Waals surface area contributed by atoms with Gasteiger partial charge >= 0.3 is 7.60 Å². The van der Waals surface area contributed by atoms with Crippen molar-refractivity contribution in [3.05, 3.63) is 34.4 Å². The van der Waals surface area contributed by atoms with Gasteiger partial charge in [0.25, 0.3) is 0 Å². The molecule has 30 heavy (non-hydrogen) atoms. The van der Waals surface area contributed by atoms with Gasteiger partial charge in [0.05, 0.1) is 0 Å². The Kier molecular flexibility index (Phi) is 6.84. The lowest BCUT2D eigenvalue weighted by Crippen LogP contribution is -2.31. The molecule has 0 radical (unpaired) electrons. The number of allylic oxidation sites excluding steroid dienone is 1. The third-order valence-corrected chi connectivity index (χ3v) is 8.89. The highest BCUT2D eigenvalue weighted by Crippen LogP contribution is 2.59. The Morgan fingerprint density at radius 1 is 1.17 bits per heavy atom. The van der Waals surface area contributed by atoms with Gasteiger partial charge in [0.2, 0.25) is 0 Å². The van der Waals surface area contributed by atoms with Crippen LogP contribution in [-0.4, -0.2) is 30.3 Å². The molecule has 0 aliphatic heterocycles. The molecule has 1 aliphatic carbocycles. The molecule has 0 fully saturated rings. The topological polar surface area (TPSA) is 72.8 Å². The molecule has 6 heteroatoms. The number of benzene rings is 1. The average molecular weight is 437 g/mol. The van der Waals surface area contributed by atoms with Crippen LogP contribution in [-0.2, 0) is 35.7 Å². The second kappa shape index (κ2) is 8.26. The Morgan fingerprint density at radius 3 is 2.23 bits per heavy atom. The number of hydrogen-bond donors (Lipinski definition) is 1. The van der Waals surface area contributed by atoms with E-state index in [2.05, 4.69) is 34.6 Å². The molecule has 0 saturated heterocycles. The molecule has 0 aromatic heterocycles. The van der Waals surface area contributed by atoms with Crippen molar-refractivity contribution in [2.75, 3.05) is 14.2 Å². The maximum absolute atomic E-state index is 13.0. The largest absolute Gasteiger partial charge is 0.507 e. The summed E-state index contributed by atoms with van der Waals surface area (Å²) in [6.45, 7) is 13.7. The zero-order valence-corrected chi connectivity index (χ0v) is 20.8. The van der Waals surface area contributed by atoms with Crippen LogP contribution in [0.2, 0.25) is 0 Å². The number of carbonyl (C=O) groups excluding carboxylic acids is 1. The summed E-state index contributed by atoms with van der Waals surface area (Å²) in [4.78, 5) is 13.0. The number of rotatable bonds is 6. The molecule has 168 valence electrons. The molecule has 1 aromatic carbocycles. The van der Waals surface area contributed by atoms with E-state index in [0.717, 1.165) is 41.5 Å². The standard InChI is InChI=1S/C24H37O5P/c1-22(2,3)18-15-16(17-11-10-14-23(4,5)20(17)21(18)26)12-13-19(25)24(6,7)30(27,28-8)29-9/h12-13,15,26H,10-11,14H2,1-9H3. The second-order valence-electron chi connectivity index (χ2n) is 10.3. The molecule has 1 N–H and O–H groups in total. The maximum Gasteiger partial charge on any atom is 0.343 e. The number of phenolic OH excluding ortho intramolecular Hbond substituents is 1. The number of phenols is 1. The fourth-order valence-electron chi connectivity index (χ4n) is 4.32. The SMILES string of the molecule is COP(=O)(OC)C(C)(C)C(=O)C=Cc1cc(C(C)(C)C)c(O)c2c1CCCC2(C)C. The first kappa shape index (κ1) is 24.8. The van der Waals surface area contributed by atoms with Crippen LogP contribution in [0, 0.1) is 0 Å². The molecule has 0 atom stereocenters. The summed E-state index contributed by atoms with van der Waals surface area (Å²) in [6, 6.07) is 1.98. The quantitative estimate of drug-likeness (QED) is 0.428. The van der Waals surface area contributed by atoms with Gasteiger partial charge in [-0.2, -0.15) is 0 Å². The lowest BCUT2D eigenvalue weighted by molar-refractivity contribution is -0.116. The summed E-state index contributed by atoms with van der Waals surface area (Å²) in [5, 5.41) is 9.84. The van der Waals surface area contributed by atoms with Crippen molar-refractivity contribution in [2.24, 2.45) is 0 Å². The van der Waals surface area contributed by atoms with Gasteiger partial charge < -0.3 is 14.2 Å². The van der Waals surface area contributed by atoms with Gasteiger partial charge in [-0.25, -0.2) is 0 Å². The van der Waals surface area contributed by atoms with Crippen molar-refractivity contribution in [3.8, 4) is 5.75 Å². The Labute approximate surface area is 181 Å². The molecule has 1 aromatic rings. The van der Waals surface area contributed by atoms with E-state index in [0.29, 0.717) is 5.75 Å². The van der Waals surface area contributed by atoms with Crippen LogP contribution in [0.3, 0.4) is 0 Å². The van der Waals surface area contributed by atoms with E-state index in [4.69, 9.17) is 9.05 Å². The second-order valence-corrected chi connectivity index (χ2v) is 13.2. The Bertz CT molecular complexity index is 895. The van der Waals surface area contributed by atoms with Gasteiger partial charge in [-0.15, -0.1) is 0 Å². The van der Waals surface area contributed by atoms with Crippen LogP contribution in [0.1, 0.15) is 83.6 Å². The Morgan fingerprint density at radius 2 is 1.73 bits per heavy atom. The first-order valence-corrected chi connectivity index (χ1v) is 12.0. The highest BCUT2D eigenvalue weighted by atomic mass is 31.2. The highest BCUT2D eigenvalue weighted by Gasteiger charge is 2.47. The minimum Gasteiger partial charge on any atom is -0.507 e. The monoisotopic (exact) mass is 436 g/mol. The first-order valence-electron chi connectivity index (χ1n) is 10.5. The summed E-state index contributed by atoms with van der Waals surface area (Å²) >= 11 is 0. The molecule has 0 amide bonds. The molecule has 1 aliphatic rings. The zero-order valence-electron chi connectivity index (χ0n) is 19.9. The molecule has 0 heterocycles. The maximum atomic E-state index is 13.0. The van der Waals surface area contributed by atoms with Gasteiger partial charge in [0, 0.05) is 25.3 Å². The van der Waals surface area contributed by atoms with Gasteiger partial charge in [-0.05, 0) is 67.2 Å². The molecule has 0 saturated carbocycles. The van der Waals surface area contributed by atoms with Gasteiger partial charge in [-0.3, -0.25) is 9.36 Å². The lowest BCUT2D eigenvalue weighted by atomic mass is 9.68. The predicted molar refractivity (Wildman–Crippen MR) is 123 cm³/mol. The van der Waals surface area contributed by atoms with Gasteiger partial charge in [0.1, 0.15) is 10.9 Å². The number of fused-ring (bicyclic) bond motifs is 1. The zero-order chi connectivity index (χ0) is 23.1. The summed E-state index contributed by atoms with van der Waals surface area (Å²) in [6.07, 6.45) is 6.13. The molecule has 0 bridgehead atoms. The third kappa shape index (κ3) is 4.30. The van der Waals surface area contributed by atoms with Crippen molar-refractivity contribution >= 4 is 19.5 Å². The molecular weight excluding hydrogens is 399 g/mol. The van der Waals surface area contributed by atoms with Crippen LogP contribution in [0.15, 0.2) is 12.1 Å². The number of carbonyl (C=O) groups is 1. The lowest BCUT2D eigenvalue weighted by Gasteiger charge is -2.36. The number of ketones is 1. The number of hydrogen-bond acceptors (Lipinski definition) is 5. The molecule has 5 nitrogen and oxygen atoms in total. The minimum absolute atomic E-state index is 0.146. The minimum atomic E-state index is -3.59. The first-order chi connectivity index (χ1) is 13.6. The highest BCUT2D eigenvalue weighted by molar-refractivity contribution is 7.56. The fraction of sp³-hybridized carbons (Fsp3) is 0.625. The normalized spacial score (nSPS) is 17.2. The van der Waals surface area contributed by atoms with Crippen LogP contribution in [0.25, 0.3) is 6.08 Å². The van der Waals surface area contributed by atoms with E-state index >= 15 is 0 Å². The van der Waals surface area contributed by atoms with E-state index in [1.807, 2.05) is 6.07 Å². The van der Waals surface area contributed by atoms with Crippen molar-refractivity contribution in [1.82, 2.24) is 0 Å². The fourth-order valence-corrected chi connectivity index (χ4v) is 5.73. The Balaban J connectivity index is 2.63. The summed E-state index contributed by atoms with van der Waals surface area (Å²) in [5.41, 5.74) is 3.45. The molecule has 0 unspecified atom stereocenters. The van der Waals surface area contributed by atoms with E-state index in [1.165, 1.54) is 20.3 Å².